The highest BCUT2D eigenvalue weighted by atomic mass is 35.5. The van der Waals surface area contributed by atoms with E-state index in [-0.39, 0.29) is 29.9 Å². The van der Waals surface area contributed by atoms with E-state index in [2.05, 4.69) is 38.3 Å². The first-order valence-corrected chi connectivity index (χ1v) is 12.8. The number of carbonyl (C=O) groups excluding carboxylic acids is 2. The summed E-state index contributed by atoms with van der Waals surface area (Å²) in [6.07, 6.45) is 7.34. The smallest absolute Gasteiger partial charge is 0.318 e. The summed E-state index contributed by atoms with van der Waals surface area (Å²) in [7, 11) is 0. The number of rotatable bonds is 8. The number of nitrogens with one attached hydrogen (secondary N) is 2. The van der Waals surface area contributed by atoms with Gasteiger partial charge in [-0.25, -0.2) is 9.48 Å². The molecule has 0 bridgehead atoms. The van der Waals surface area contributed by atoms with E-state index in [0.717, 1.165) is 49.9 Å². The summed E-state index contributed by atoms with van der Waals surface area (Å²) in [5.41, 5.74) is 1.47. The Kier molecular flexibility index (Phi) is 9.00. The van der Waals surface area contributed by atoms with Gasteiger partial charge in [-0.2, -0.15) is 5.10 Å². The van der Waals surface area contributed by atoms with Crippen LogP contribution in [0.25, 0.3) is 5.69 Å². The highest BCUT2D eigenvalue weighted by Gasteiger charge is 2.24. The lowest BCUT2D eigenvalue weighted by atomic mass is 9.92. The maximum Gasteiger partial charge on any atom is 0.318 e. The minimum absolute atomic E-state index is 0.00476. The van der Waals surface area contributed by atoms with Gasteiger partial charge >= 0.3 is 6.03 Å². The van der Waals surface area contributed by atoms with E-state index in [1.165, 1.54) is 6.42 Å². The van der Waals surface area contributed by atoms with Crippen molar-refractivity contribution in [2.45, 2.75) is 84.1 Å². The van der Waals surface area contributed by atoms with Crippen molar-refractivity contribution in [3.05, 3.63) is 41.0 Å². The van der Waals surface area contributed by atoms with Crippen LogP contribution in [-0.2, 0) is 10.2 Å². The Morgan fingerprint density at radius 2 is 1.82 bits per heavy atom. The minimum atomic E-state index is -0.245. The van der Waals surface area contributed by atoms with Gasteiger partial charge in [0.25, 0.3) is 0 Å². The van der Waals surface area contributed by atoms with Gasteiger partial charge in [-0.1, -0.05) is 65.0 Å². The Balaban J connectivity index is 1.75. The highest BCUT2D eigenvalue weighted by molar-refractivity contribution is 6.30. The van der Waals surface area contributed by atoms with E-state index in [1.807, 2.05) is 18.2 Å². The molecule has 0 unspecified atom stereocenters. The third-order valence-electron chi connectivity index (χ3n) is 6.15. The molecule has 34 heavy (non-hydrogen) atoms. The molecule has 1 aliphatic carbocycles. The fourth-order valence-corrected chi connectivity index (χ4v) is 4.21. The van der Waals surface area contributed by atoms with Crippen molar-refractivity contribution < 1.29 is 9.59 Å². The molecule has 3 rings (SSSR count). The molecule has 0 saturated heterocycles. The van der Waals surface area contributed by atoms with Gasteiger partial charge in [0.2, 0.25) is 5.91 Å². The number of aromatic nitrogens is 2. The maximum absolute atomic E-state index is 13.1. The Bertz CT molecular complexity index is 959. The lowest BCUT2D eigenvalue weighted by molar-refractivity contribution is -0.116. The van der Waals surface area contributed by atoms with Gasteiger partial charge in [-0.05, 0) is 43.5 Å². The van der Waals surface area contributed by atoms with E-state index in [1.54, 1.807) is 21.7 Å². The van der Waals surface area contributed by atoms with Gasteiger partial charge in [-0.3, -0.25) is 4.79 Å². The zero-order valence-corrected chi connectivity index (χ0v) is 21.6. The van der Waals surface area contributed by atoms with Crippen LogP contribution >= 0.6 is 11.6 Å². The predicted molar refractivity (Wildman–Crippen MR) is 138 cm³/mol. The number of amides is 3. The van der Waals surface area contributed by atoms with E-state index in [0.29, 0.717) is 17.4 Å². The molecule has 0 spiro atoms. The summed E-state index contributed by atoms with van der Waals surface area (Å²) >= 11 is 6.06. The van der Waals surface area contributed by atoms with Crippen LogP contribution < -0.4 is 10.6 Å². The number of benzene rings is 1. The van der Waals surface area contributed by atoms with Crippen LogP contribution in [0.5, 0.6) is 0 Å². The van der Waals surface area contributed by atoms with Crippen molar-refractivity contribution in [2.24, 2.45) is 0 Å². The van der Waals surface area contributed by atoms with Gasteiger partial charge in [-0.15, -0.1) is 0 Å². The van der Waals surface area contributed by atoms with Crippen molar-refractivity contribution >= 4 is 29.4 Å². The lowest BCUT2D eigenvalue weighted by Gasteiger charge is -2.28. The average Bonchev–Trinajstić information content (AvgIpc) is 3.22. The van der Waals surface area contributed by atoms with E-state index >= 15 is 0 Å². The monoisotopic (exact) mass is 487 g/mol. The summed E-state index contributed by atoms with van der Waals surface area (Å²) in [6.45, 7) is 8.86. The molecular formula is C26H38ClN5O2. The van der Waals surface area contributed by atoms with Gasteiger partial charge in [0.1, 0.15) is 12.4 Å². The molecule has 1 aromatic carbocycles. The summed E-state index contributed by atoms with van der Waals surface area (Å²) in [6, 6.07) is 9.26. The molecule has 0 radical (unpaired) electrons. The summed E-state index contributed by atoms with van der Waals surface area (Å²) < 4.78 is 1.72. The molecule has 3 amide bonds. The molecule has 0 aliphatic heterocycles. The molecule has 1 fully saturated rings. The number of carbonyl (C=O) groups is 2. The molecule has 1 heterocycles. The molecule has 1 saturated carbocycles. The molecule has 2 N–H and O–H groups in total. The number of halogens is 1. The maximum atomic E-state index is 13.1. The van der Waals surface area contributed by atoms with Crippen LogP contribution in [0.3, 0.4) is 0 Å². The van der Waals surface area contributed by atoms with E-state index in [4.69, 9.17) is 16.7 Å². The number of hydrogen-bond donors (Lipinski definition) is 2. The predicted octanol–water partition coefficient (Wildman–Crippen LogP) is 5.91. The minimum Gasteiger partial charge on any atom is -0.335 e. The van der Waals surface area contributed by atoms with E-state index < -0.39 is 0 Å². The zero-order valence-electron chi connectivity index (χ0n) is 20.9. The third-order valence-corrected chi connectivity index (χ3v) is 6.40. The second-order valence-corrected chi connectivity index (χ2v) is 10.6. The first-order valence-electron chi connectivity index (χ1n) is 12.4. The highest BCUT2D eigenvalue weighted by Crippen LogP contribution is 2.27. The number of unbranched alkanes of at least 4 members (excludes halogenated alkanes) is 1. The first-order chi connectivity index (χ1) is 16.2. The number of hydrogen-bond acceptors (Lipinski definition) is 3. The Morgan fingerprint density at radius 1 is 1.15 bits per heavy atom. The molecule has 8 heteroatoms. The van der Waals surface area contributed by atoms with Crippen molar-refractivity contribution in [2.75, 3.05) is 18.4 Å². The zero-order chi connectivity index (χ0) is 24.7. The molecule has 2 aromatic rings. The van der Waals surface area contributed by atoms with Gasteiger partial charge in [0, 0.05) is 29.1 Å². The summed E-state index contributed by atoms with van der Waals surface area (Å²) in [5.74, 6) is 0.325. The molecule has 1 aromatic heterocycles. The summed E-state index contributed by atoms with van der Waals surface area (Å²) in [5, 5.41) is 11.5. The summed E-state index contributed by atoms with van der Waals surface area (Å²) in [4.78, 5) is 27.7. The second-order valence-electron chi connectivity index (χ2n) is 10.2. The average molecular weight is 488 g/mol. The van der Waals surface area contributed by atoms with Crippen LogP contribution in [0, 0.1) is 0 Å². The SMILES string of the molecule is CCCCN(CC(=O)Nc1cc(C(C)(C)C)nn1-c1ccc(Cl)cc1)C(=O)NC1CCCCC1. The number of nitrogens with zero attached hydrogens (tertiary/aromatic N) is 3. The number of urea groups is 1. The molecule has 186 valence electrons. The topological polar surface area (TPSA) is 79.3 Å². The molecule has 1 aliphatic rings. The van der Waals surface area contributed by atoms with Crippen molar-refractivity contribution in [3.63, 3.8) is 0 Å². The standard InChI is InChI=1S/C26H38ClN5O2/c1-5-6-16-31(25(34)28-20-10-8-7-9-11-20)18-24(33)29-23-17-22(26(2,3)4)30-32(23)21-14-12-19(27)13-15-21/h12-15,17,20H,5-11,16,18H2,1-4H3,(H,28,34)(H,29,33). The van der Waals surface area contributed by atoms with Crippen LogP contribution in [0.15, 0.2) is 30.3 Å². The first kappa shape index (κ1) is 26.1. The van der Waals surface area contributed by atoms with E-state index in [9.17, 15) is 9.59 Å². The molecular weight excluding hydrogens is 450 g/mol. The fourth-order valence-electron chi connectivity index (χ4n) is 4.09. The van der Waals surface area contributed by atoms with Crippen molar-refractivity contribution in [1.29, 1.82) is 0 Å². The molecule has 7 nitrogen and oxygen atoms in total. The second kappa shape index (κ2) is 11.7. The Hall–Kier alpha value is -2.54. The quantitative estimate of drug-likeness (QED) is 0.486. The van der Waals surface area contributed by atoms with Crippen LogP contribution in [0.2, 0.25) is 5.02 Å². The van der Waals surface area contributed by atoms with Gasteiger partial charge < -0.3 is 15.5 Å². The van der Waals surface area contributed by atoms with Gasteiger partial charge in [0.15, 0.2) is 0 Å². The number of anilines is 1. The molecule has 0 atom stereocenters. The normalized spacial score (nSPS) is 14.6. The Labute approximate surface area is 208 Å². The largest absolute Gasteiger partial charge is 0.335 e. The van der Waals surface area contributed by atoms with Crippen molar-refractivity contribution in [1.82, 2.24) is 20.0 Å². The van der Waals surface area contributed by atoms with Crippen LogP contribution in [0.1, 0.15) is 78.3 Å². The fraction of sp³-hybridized carbons (Fsp3) is 0.577. The van der Waals surface area contributed by atoms with Gasteiger partial charge in [0.05, 0.1) is 11.4 Å². The third kappa shape index (κ3) is 7.23. The lowest BCUT2D eigenvalue weighted by Crippen LogP contribution is -2.48. The van der Waals surface area contributed by atoms with Crippen LogP contribution in [-0.4, -0.2) is 45.8 Å². The Morgan fingerprint density at radius 3 is 2.44 bits per heavy atom. The van der Waals surface area contributed by atoms with Crippen LogP contribution in [0.4, 0.5) is 10.6 Å². The van der Waals surface area contributed by atoms with Crippen molar-refractivity contribution in [3.8, 4) is 5.69 Å².